The van der Waals surface area contributed by atoms with Crippen LogP contribution in [0, 0.1) is 0 Å². The van der Waals surface area contributed by atoms with Gasteiger partial charge in [0.1, 0.15) is 5.69 Å². The van der Waals surface area contributed by atoms with Gasteiger partial charge >= 0.3 is 5.97 Å². The fourth-order valence-corrected chi connectivity index (χ4v) is 2.52. The number of carbonyl (C=O) groups excluding carboxylic acids is 2. The van der Waals surface area contributed by atoms with Crippen molar-refractivity contribution in [2.75, 3.05) is 5.32 Å². The molecule has 1 amide bonds. The summed E-state index contributed by atoms with van der Waals surface area (Å²) in [5.74, 6) is -0.891. The van der Waals surface area contributed by atoms with E-state index < -0.39 is 12.1 Å². The molecule has 0 radical (unpaired) electrons. The Morgan fingerprint density at radius 1 is 1.04 bits per heavy atom. The molecule has 122 valence electrons. The number of rotatable bonds is 4. The zero-order valence-electron chi connectivity index (χ0n) is 13.5. The summed E-state index contributed by atoms with van der Waals surface area (Å²) in [5, 5.41) is 3.67. The van der Waals surface area contributed by atoms with Crippen LogP contribution in [0.3, 0.4) is 0 Å². The zero-order valence-corrected chi connectivity index (χ0v) is 13.5. The van der Waals surface area contributed by atoms with E-state index in [-0.39, 0.29) is 5.91 Å². The minimum absolute atomic E-state index is 0.367. The van der Waals surface area contributed by atoms with Crippen LogP contribution in [0.15, 0.2) is 60.7 Å². The molecule has 1 unspecified atom stereocenters. The first-order valence-electron chi connectivity index (χ1n) is 7.67. The molecule has 5 heteroatoms. The molecule has 24 heavy (non-hydrogen) atoms. The number of fused-ring (bicyclic) bond motifs is 1. The van der Waals surface area contributed by atoms with E-state index in [4.69, 9.17) is 4.74 Å². The monoisotopic (exact) mass is 322 g/mol. The molecule has 5 nitrogen and oxygen atoms in total. The lowest BCUT2D eigenvalue weighted by atomic mass is 10.2. The highest BCUT2D eigenvalue weighted by molar-refractivity contribution is 5.99. The van der Waals surface area contributed by atoms with Crippen molar-refractivity contribution in [3.63, 3.8) is 0 Å². The highest BCUT2D eigenvalue weighted by Gasteiger charge is 2.21. The maximum atomic E-state index is 12.4. The van der Waals surface area contributed by atoms with Crippen molar-refractivity contribution in [3.05, 3.63) is 66.4 Å². The van der Waals surface area contributed by atoms with Gasteiger partial charge in [0.05, 0.1) is 0 Å². The first-order valence-corrected chi connectivity index (χ1v) is 7.67. The van der Waals surface area contributed by atoms with Crippen LogP contribution >= 0.6 is 0 Å². The number of nitrogens with one attached hydrogen (secondary N) is 1. The first kappa shape index (κ1) is 15.8. The van der Waals surface area contributed by atoms with Gasteiger partial charge in [-0.05, 0) is 31.2 Å². The minimum atomic E-state index is -0.893. The zero-order chi connectivity index (χ0) is 17.1. The Morgan fingerprint density at radius 3 is 2.42 bits per heavy atom. The lowest BCUT2D eigenvalue weighted by Gasteiger charge is -2.13. The molecule has 0 fully saturated rings. The van der Waals surface area contributed by atoms with Crippen LogP contribution in [0.2, 0.25) is 0 Å². The number of benzene rings is 2. The average Bonchev–Trinajstić information content (AvgIpc) is 2.93. The number of para-hydroxylation sites is 2. The Bertz CT molecular complexity index is 884. The predicted octanol–water partition coefficient (Wildman–Crippen LogP) is 3.36. The highest BCUT2D eigenvalue weighted by atomic mass is 16.5. The molecule has 0 spiro atoms. The van der Waals surface area contributed by atoms with E-state index in [0.717, 1.165) is 10.9 Å². The van der Waals surface area contributed by atoms with E-state index >= 15 is 0 Å². The van der Waals surface area contributed by atoms with Crippen LogP contribution in [-0.2, 0) is 16.6 Å². The van der Waals surface area contributed by atoms with E-state index in [9.17, 15) is 9.59 Å². The Labute approximate surface area is 139 Å². The molecule has 0 bridgehead atoms. The average molecular weight is 322 g/mol. The molecule has 0 aliphatic heterocycles. The summed E-state index contributed by atoms with van der Waals surface area (Å²) in [6.07, 6.45) is -0.893. The predicted molar refractivity (Wildman–Crippen MR) is 92.9 cm³/mol. The Kier molecular flexibility index (Phi) is 4.33. The smallest absolute Gasteiger partial charge is 0.355 e. The minimum Gasteiger partial charge on any atom is -0.448 e. The van der Waals surface area contributed by atoms with E-state index in [1.165, 1.54) is 0 Å². The molecule has 1 heterocycles. The number of nitrogens with zero attached hydrogens (tertiary/aromatic N) is 1. The van der Waals surface area contributed by atoms with Crippen LogP contribution in [0.25, 0.3) is 10.9 Å². The maximum absolute atomic E-state index is 12.4. The van der Waals surface area contributed by atoms with Crippen LogP contribution < -0.4 is 5.32 Å². The third kappa shape index (κ3) is 3.15. The number of anilines is 1. The number of hydrogen-bond donors (Lipinski definition) is 1. The molecule has 1 N–H and O–H groups in total. The van der Waals surface area contributed by atoms with Crippen LogP contribution in [-0.4, -0.2) is 22.5 Å². The van der Waals surface area contributed by atoms with Gasteiger partial charge in [-0.25, -0.2) is 4.79 Å². The van der Waals surface area contributed by atoms with E-state index in [1.54, 1.807) is 36.7 Å². The van der Waals surface area contributed by atoms with Crippen molar-refractivity contribution >= 4 is 28.5 Å². The molecule has 1 atom stereocenters. The summed E-state index contributed by atoms with van der Waals surface area (Å²) in [4.78, 5) is 24.5. The molecular weight excluding hydrogens is 304 g/mol. The SMILES string of the molecule is CC(OC(=O)c1cc2ccccc2n1C)C(=O)Nc1ccccc1. The Morgan fingerprint density at radius 2 is 1.71 bits per heavy atom. The van der Waals surface area contributed by atoms with Crippen LogP contribution in [0.4, 0.5) is 5.69 Å². The third-order valence-corrected chi connectivity index (χ3v) is 3.86. The van der Waals surface area contributed by atoms with Gasteiger partial charge in [-0.1, -0.05) is 36.4 Å². The fraction of sp³-hybridized carbons (Fsp3) is 0.158. The second kappa shape index (κ2) is 6.58. The van der Waals surface area contributed by atoms with Crippen molar-refractivity contribution in [1.29, 1.82) is 0 Å². The second-order valence-corrected chi connectivity index (χ2v) is 5.55. The fourth-order valence-electron chi connectivity index (χ4n) is 2.52. The topological polar surface area (TPSA) is 60.3 Å². The number of aromatic nitrogens is 1. The van der Waals surface area contributed by atoms with Gasteiger partial charge in [0, 0.05) is 23.6 Å². The Balaban J connectivity index is 1.71. The van der Waals surface area contributed by atoms with Crippen molar-refractivity contribution in [2.45, 2.75) is 13.0 Å². The van der Waals surface area contributed by atoms with Crippen LogP contribution in [0.5, 0.6) is 0 Å². The van der Waals surface area contributed by atoms with E-state index in [2.05, 4.69) is 5.32 Å². The van der Waals surface area contributed by atoms with E-state index in [0.29, 0.717) is 11.4 Å². The van der Waals surface area contributed by atoms with Gasteiger partial charge < -0.3 is 14.6 Å². The standard InChI is InChI=1S/C19H18N2O3/c1-13(18(22)20-15-9-4-3-5-10-15)24-19(23)17-12-14-8-6-7-11-16(14)21(17)2/h3-13H,1-2H3,(H,20,22). The van der Waals surface area contributed by atoms with Gasteiger partial charge in [-0.2, -0.15) is 0 Å². The molecule has 0 saturated carbocycles. The van der Waals surface area contributed by atoms with Gasteiger partial charge in [0.2, 0.25) is 0 Å². The summed E-state index contributed by atoms with van der Waals surface area (Å²) in [6, 6.07) is 18.5. The molecule has 0 saturated heterocycles. The lowest BCUT2D eigenvalue weighted by molar-refractivity contribution is -0.123. The van der Waals surface area contributed by atoms with Crippen molar-refractivity contribution < 1.29 is 14.3 Å². The van der Waals surface area contributed by atoms with Crippen molar-refractivity contribution in [2.24, 2.45) is 7.05 Å². The van der Waals surface area contributed by atoms with Crippen LogP contribution in [0.1, 0.15) is 17.4 Å². The first-order chi connectivity index (χ1) is 11.6. The third-order valence-electron chi connectivity index (χ3n) is 3.86. The number of amides is 1. The van der Waals surface area contributed by atoms with E-state index in [1.807, 2.05) is 42.5 Å². The molecule has 3 aromatic rings. The van der Waals surface area contributed by atoms with Gasteiger partial charge in [-0.15, -0.1) is 0 Å². The highest BCUT2D eigenvalue weighted by Crippen LogP contribution is 2.19. The quantitative estimate of drug-likeness (QED) is 0.749. The lowest BCUT2D eigenvalue weighted by Crippen LogP contribution is -2.30. The van der Waals surface area contributed by atoms with Gasteiger partial charge in [-0.3, -0.25) is 4.79 Å². The summed E-state index contributed by atoms with van der Waals surface area (Å²) in [6.45, 7) is 1.55. The van der Waals surface area contributed by atoms with Gasteiger partial charge in [0.15, 0.2) is 6.10 Å². The Hall–Kier alpha value is -3.08. The van der Waals surface area contributed by atoms with Gasteiger partial charge in [0.25, 0.3) is 5.91 Å². The normalized spacial score (nSPS) is 11.9. The number of esters is 1. The summed E-state index contributed by atoms with van der Waals surface area (Å²) >= 11 is 0. The summed E-state index contributed by atoms with van der Waals surface area (Å²) in [5.41, 5.74) is 2.01. The molecule has 0 aliphatic carbocycles. The van der Waals surface area contributed by atoms with Crippen molar-refractivity contribution in [1.82, 2.24) is 4.57 Å². The largest absolute Gasteiger partial charge is 0.448 e. The maximum Gasteiger partial charge on any atom is 0.355 e. The summed E-state index contributed by atoms with van der Waals surface area (Å²) in [7, 11) is 1.80. The molecule has 1 aromatic heterocycles. The molecule has 2 aromatic carbocycles. The molecule has 0 aliphatic rings. The molecular formula is C19H18N2O3. The van der Waals surface area contributed by atoms with Crippen molar-refractivity contribution in [3.8, 4) is 0 Å². The number of aryl methyl sites for hydroxylation is 1. The number of ether oxygens (including phenoxy) is 1. The number of hydrogen-bond acceptors (Lipinski definition) is 3. The summed E-state index contributed by atoms with van der Waals surface area (Å²) < 4.78 is 7.07. The number of carbonyl (C=O) groups is 2. The molecule has 3 rings (SSSR count). The second-order valence-electron chi connectivity index (χ2n) is 5.55.